The van der Waals surface area contributed by atoms with E-state index in [1.165, 1.54) is 11.1 Å². The van der Waals surface area contributed by atoms with Crippen molar-refractivity contribution in [2.45, 2.75) is 221 Å². The average molecular weight is 1700 g/mol. The van der Waals surface area contributed by atoms with E-state index in [9.17, 15) is 33.9 Å². The van der Waals surface area contributed by atoms with Crippen molar-refractivity contribution >= 4 is 57.7 Å². The van der Waals surface area contributed by atoms with E-state index in [4.69, 9.17) is 57.2 Å². The molecule has 0 saturated heterocycles. The monoisotopic (exact) mass is 1700 g/mol. The van der Waals surface area contributed by atoms with Gasteiger partial charge in [-0.2, -0.15) is 0 Å². The Morgan fingerprint density at radius 3 is 1.23 bits per heavy atom. The van der Waals surface area contributed by atoms with Gasteiger partial charge in [0.15, 0.2) is 13.2 Å². The van der Waals surface area contributed by atoms with E-state index in [2.05, 4.69) is 32.0 Å². The zero-order valence-corrected chi connectivity index (χ0v) is 71.7. The van der Waals surface area contributed by atoms with Gasteiger partial charge in [0.2, 0.25) is 0 Å². The standard InChI is InChI=1S/C52H58O9.C38H46O7.C14H14O3.2CH4/c1-4-5-8-19-43(60-52(55)59-33-37-16-11-7-12-17-37)25-26-45-46-29-41-18-13-20-48(57-34-50(53)58-32-36-14-9-6-10-15-36)47(41)30-42(46)31-49(45)61-51(54)35(2)38-21-22-40-28-44(56-3)24-23-39(40)27-38;1-2-3-6-17-31(45-38(41)44-25-28-14-9-5-10-15-28)19-20-32-33-21-29-16-11-18-36(34(29)22-30(33)23-35(32)39)42-26-37(40)43-24-27-12-7-4-8-13-27;1-9(14(15)16)10-3-4-12-8-13(17-2)6-5-11(12)7-10;;/h6-7,9-18,20-24,27-28,35,42-43,45-46,49H,4-5,8,19,25-26,29-34H2,1-3H3;4-5,7-16,18,30-33,35,39H,2-3,6,17,19-26H2,1H3;3-9H,1-2H3,(H,15,16);2*1H4/t35-,42-,43-,45+,46-,49+;30-,31-,32+,33-,35+;9-;;/m000../s1. The lowest BCUT2D eigenvalue weighted by Crippen LogP contribution is -2.31. The van der Waals surface area contributed by atoms with Gasteiger partial charge < -0.3 is 62.3 Å². The molecule has 10 aromatic carbocycles. The van der Waals surface area contributed by atoms with Crippen molar-refractivity contribution in [1.82, 2.24) is 0 Å². The van der Waals surface area contributed by atoms with Gasteiger partial charge in [0, 0.05) is 0 Å². The van der Waals surface area contributed by atoms with Crippen molar-refractivity contribution in [3.05, 3.63) is 286 Å². The van der Waals surface area contributed by atoms with Crippen molar-refractivity contribution in [2.24, 2.45) is 35.5 Å². The molecular formula is C106H126O19. The third kappa shape index (κ3) is 27.6. The summed E-state index contributed by atoms with van der Waals surface area (Å²) in [7, 11) is 3.28. The van der Waals surface area contributed by atoms with Crippen LogP contribution in [0.2, 0.25) is 0 Å². The van der Waals surface area contributed by atoms with Gasteiger partial charge in [0.25, 0.3) is 0 Å². The minimum absolute atomic E-state index is 0. The summed E-state index contributed by atoms with van der Waals surface area (Å²) >= 11 is 0. The highest BCUT2D eigenvalue weighted by molar-refractivity contribution is 5.88. The van der Waals surface area contributed by atoms with Crippen molar-refractivity contribution in [3.8, 4) is 23.0 Å². The van der Waals surface area contributed by atoms with Gasteiger partial charge in [0.05, 0.1) is 32.2 Å². The number of carboxylic acids is 1. The molecule has 0 amide bonds. The molecule has 664 valence electrons. The lowest BCUT2D eigenvalue weighted by atomic mass is 9.73. The van der Waals surface area contributed by atoms with Crippen LogP contribution in [0.15, 0.2) is 231 Å². The quantitative estimate of drug-likeness (QED) is 0.0209. The maximum atomic E-state index is 14.1. The number of benzene rings is 10. The summed E-state index contributed by atoms with van der Waals surface area (Å²) in [5.74, 6) is 1.48. The third-order valence-electron chi connectivity index (χ3n) is 24.8. The molecule has 0 spiro atoms. The number of aliphatic hydroxyl groups excluding tert-OH is 1. The Bertz CT molecular complexity index is 5060. The van der Waals surface area contributed by atoms with Gasteiger partial charge in [-0.25, -0.2) is 19.2 Å². The third-order valence-corrected chi connectivity index (χ3v) is 24.8. The molecule has 0 aromatic heterocycles. The first kappa shape index (κ1) is 95.5. The number of rotatable bonds is 37. The number of hydrogen-bond donors (Lipinski definition) is 2. The predicted molar refractivity (Wildman–Crippen MR) is 486 cm³/mol. The minimum atomic E-state index is -0.808. The van der Waals surface area contributed by atoms with E-state index in [1.807, 2.05) is 219 Å². The van der Waals surface area contributed by atoms with Crippen molar-refractivity contribution < 1.29 is 91.1 Å². The molecule has 19 heteroatoms. The topological polar surface area (TPSA) is 244 Å². The van der Waals surface area contributed by atoms with Crippen LogP contribution < -0.4 is 18.9 Å². The van der Waals surface area contributed by atoms with Crippen molar-refractivity contribution in [1.29, 1.82) is 0 Å². The number of carbonyl (C=O) groups is 6. The first-order valence-electron chi connectivity index (χ1n) is 43.8. The minimum Gasteiger partial charge on any atom is -0.497 e. The molecule has 19 nitrogen and oxygen atoms in total. The Hall–Kier alpha value is -11.7. The molecule has 4 aliphatic rings. The Labute approximate surface area is 737 Å². The molecule has 2 fully saturated rings. The van der Waals surface area contributed by atoms with Gasteiger partial charge in [-0.3, -0.25) is 9.59 Å². The summed E-state index contributed by atoms with van der Waals surface area (Å²) in [6.07, 6.45) is 12.7. The van der Waals surface area contributed by atoms with E-state index in [-0.39, 0.29) is 102 Å². The normalized spacial score (nSPS) is 18.4. The highest BCUT2D eigenvalue weighted by Gasteiger charge is 2.49. The molecular weight excluding hydrogens is 1580 g/mol. The largest absolute Gasteiger partial charge is 0.508 e. The lowest BCUT2D eigenvalue weighted by Gasteiger charge is -2.33. The molecule has 2 N–H and O–H groups in total. The number of carbonyl (C=O) groups excluding carboxylic acids is 5. The number of fused-ring (bicyclic) bond motifs is 6. The van der Waals surface area contributed by atoms with Crippen molar-refractivity contribution in [2.75, 3.05) is 27.4 Å². The molecule has 0 aliphatic heterocycles. The van der Waals surface area contributed by atoms with Gasteiger partial charge >= 0.3 is 36.2 Å². The molecule has 0 radical (unpaired) electrons. The highest BCUT2D eigenvalue weighted by atomic mass is 16.7. The van der Waals surface area contributed by atoms with E-state index in [1.54, 1.807) is 21.1 Å². The second-order valence-electron chi connectivity index (χ2n) is 33.1. The Kier molecular flexibility index (Phi) is 37.1. The van der Waals surface area contributed by atoms with E-state index >= 15 is 0 Å². The number of esters is 3. The molecule has 4 aliphatic carbocycles. The molecule has 125 heavy (non-hydrogen) atoms. The molecule has 2 saturated carbocycles. The maximum Gasteiger partial charge on any atom is 0.508 e. The van der Waals surface area contributed by atoms with Gasteiger partial charge in [-0.1, -0.05) is 249 Å². The summed E-state index contributed by atoms with van der Waals surface area (Å²) in [5.41, 5.74) is 9.99. The van der Waals surface area contributed by atoms with Gasteiger partial charge in [-0.15, -0.1) is 0 Å². The summed E-state index contributed by atoms with van der Waals surface area (Å²) in [5, 5.41) is 24.3. The van der Waals surface area contributed by atoms with Crippen LogP contribution in [0.4, 0.5) is 9.59 Å². The van der Waals surface area contributed by atoms with Crippen LogP contribution in [0.3, 0.4) is 0 Å². The number of aliphatic carboxylic acids is 1. The number of hydrogen-bond acceptors (Lipinski definition) is 18. The van der Waals surface area contributed by atoms with Crippen LogP contribution in [0, 0.1) is 35.5 Å². The first-order chi connectivity index (χ1) is 59.9. The molecule has 0 unspecified atom stereocenters. The molecule has 0 bridgehead atoms. The summed E-state index contributed by atoms with van der Waals surface area (Å²) in [6, 6.07) is 73.8. The number of unbranched alkanes of at least 4 members (excludes halogenated alkanes) is 4. The SMILES string of the molecule is C.C.CCCCC[C@@H](CC[C@@H]1[C@H]2Cc3cccc(OCC(=O)OCc4ccccc4)c3C[C@H]2C[C@H]1O)OC(=O)OCc1ccccc1.CCCCC[C@@H](CC[C@@H]1[C@H]2Cc3cccc(OCC(=O)OCc4ccccc4)c3C[C@H]2C[C@H]1OC(=O)[C@@H](C)c1ccc2cc(OC)ccc2c1)OC(=O)OCc1ccccc1.COc1ccc2cc([C@H](C)C(=O)O)ccc2c1. The number of ether oxygens (including phenoxy) is 11. The fourth-order valence-electron chi connectivity index (χ4n) is 17.9. The van der Waals surface area contributed by atoms with Crippen LogP contribution in [-0.4, -0.2) is 98.3 Å². The smallest absolute Gasteiger partial charge is 0.497 e. The van der Waals surface area contributed by atoms with Crippen LogP contribution in [0.25, 0.3) is 21.5 Å². The lowest BCUT2D eigenvalue weighted by molar-refractivity contribution is -0.153. The van der Waals surface area contributed by atoms with Crippen LogP contribution in [-0.2, 0) is 104 Å². The zero-order chi connectivity index (χ0) is 86.4. The van der Waals surface area contributed by atoms with E-state index in [0.717, 1.165) is 180 Å². The molecule has 0 heterocycles. The number of methoxy groups -OCH3 is 2. The maximum absolute atomic E-state index is 14.1. The van der Waals surface area contributed by atoms with Crippen LogP contribution >= 0.6 is 0 Å². The summed E-state index contributed by atoms with van der Waals surface area (Å²) < 4.78 is 62.9. The fraction of sp³-hybridized carbons (Fsp3) is 0.415. The Morgan fingerprint density at radius 2 is 0.808 bits per heavy atom. The fourth-order valence-corrected chi connectivity index (χ4v) is 17.9. The second kappa shape index (κ2) is 48.5. The van der Waals surface area contributed by atoms with E-state index < -0.39 is 48.2 Å². The first-order valence-corrected chi connectivity index (χ1v) is 43.8. The second-order valence-corrected chi connectivity index (χ2v) is 33.1. The van der Waals surface area contributed by atoms with Crippen molar-refractivity contribution in [3.63, 3.8) is 0 Å². The van der Waals surface area contributed by atoms with Crippen LogP contribution in [0.1, 0.15) is 200 Å². The molecule has 10 aromatic rings. The number of aliphatic hydroxyl groups is 1. The van der Waals surface area contributed by atoms with Gasteiger partial charge in [0.1, 0.15) is 67.7 Å². The Balaban J connectivity index is 0.000000222. The average Bonchev–Trinajstić information content (AvgIpc) is 1.65. The summed E-state index contributed by atoms with van der Waals surface area (Å²) in [4.78, 5) is 75.7. The molecule has 12 atom stereocenters. The highest BCUT2D eigenvalue weighted by Crippen LogP contribution is 2.52. The summed E-state index contributed by atoms with van der Waals surface area (Å²) in [6.45, 7) is 8.33. The Morgan fingerprint density at radius 1 is 0.416 bits per heavy atom. The van der Waals surface area contributed by atoms with Gasteiger partial charge in [-0.05, 0) is 253 Å². The zero-order valence-electron chi connectivity index (χ0n) is 71.7. The number of carboxylic acid groups (broad SMARTS) is 1. The predicted octanol–water partition coefficient (Wildman–Crippen LogP) is 23.0. The molecule has 14 rings (SSSR count). The van der Waals surface area contributed by atoms with E-state index in [0.29, 0.717) is 36.8 Å². The van der Waals surface area contributed by atoms with Crippen LogP contribution in [0.5, 0.6) is 23.0 Å².